The molecule has 1 aromatic rings. The summed E-state index contributed by atoms with van der Waals surface area (Å²) < 4.78 is 0. The van der Waals surface area contributed by atoms with Crippen LogP contribution in [0.15, 0.2) is 30.3 Å². The van der Waals surface area contributed by atoms with E-state index in [1.165, 1.54) is 0 Å². The van der Waals surface area contributed by atoms with E-state index in [1.54, 1.807) is 0 Å². The molecule has 0 bridgehead atoms. The van der Waals surface area contributed by atoms with E-state index in [1.807, 2.05) is 37.3 Å². The Morgan fingerprint density at radius 1 is 1.29 bits per heavy atom. The molecule has 21 heavy (non-hydrogen) atoms. The van der Waals surface area contributed by atoms with Crippen molar-refractivity contribution in [1.82, 2.24) is 9.80 Å². The van der Waals surface area contributed by atoms with Gasteiger partial charge in [-0.2, -0.15) is 0 Å². The molecule has 1 unspecified atom stereocenters. The standard InChI is InChI=1S/C17H26N2O2/c1-16(2)12-19(11-10-18(16)4)13-17(3,15(20)21)14-8-6-5-7-9-14/h5-9H,10-13H2,1-4H3,(H,20,21). The van der Waals surface area contributed by atoms with Gasteiger partial charge in [0.2, 0.25) is 0 Å². The summed E-state index contributed by atoms with van der Waals surface area (Å²) in [6.07, 6.45) is 0. The molecule has 4 nitrogen and oxygen atoms in total. The number of carbonyl (C=O) groups is 1. The topological polar surface area (TPSA) is 43.8 Å². The fourth-order valence-corrected chi connectivity index (χ4v) is 3.01. The summed E-state index contributed by atoms with van der Waals surface area (Å²) in [4.78, 5) is 16.5. The van der Waals surface area contributed by atoms with Gasteiger partial charge in [-0.05, 0) is 33.4 Å². The van der Waals surface area contributed by atoms with E-state index >= 15 is 0 Å². The zero-order valence-corrected chi connectivity index (χ0v) is 13.5. The molecule has 4 heteroatoms. The summed E-state index contributed by atoms with van der Waals surface area (Å²) in [5.74, 6) is -0.759. The van der Waals surface area contributed by atoms with Gasteiger partial charge in [-0.25, -0.2) is 0 Å². The monoisotopic (exact) mass is 290 g/mol. The zero-order chi connectivity index (χ0) is 15.7. The molecule has 1 heterocycles. The Morgan fingerprint density at radius 3 is 2.43 bits per heavy atom. The second-order valence-electron chi connectivity index (χ2n) is 6.95. The van der Waals surface area contributed by atoms with Crippen molar-refractivity contribution in [3.63, 3.8) is 0 Å². The largest absolute Gasteiger partial charge is 0.481 e. The molecule has 2 rings (SSSR count). The Kier molecular flexibility index (Phi) is 4.40. The number of likely N-dealkylation sites (N-methyl/N-ethyl adjacent to an activating group) is 1. The highest BCUT2D eigenvalue weighted by molar-refractivity contribution is 5.81. The van der Waals surface area contributed by atoms with Crippen molar-refractivity contribution in [3.8, 4) is 0 Å². The van der Waals surface area contributed by atoms with Crippen molar-refractivity contribution < 1.29 is 9.90 Å². The lowest BCUT2D eigenvalue weighted by atomic mass is 9.81. The van der Waals surface area contributed by atoms with Crippen molar-refractivity contribution in [3.05, 3.63) is 35.9 Å². The predicted molar refractivity (Wildman–Crippen MR) is 84.6 cm³/mol. The van der Waals surface area contributed by atoms with Gasteiger partial charge < -0.3 is 5.11 Å². The minimum atomic E-state index is -0.868. The molecular weight excluding hydrogens is 264 g/mol. The fraction of sp³-hybridized carbons (Fsp3) is 0.588. The molecule has 0 aromatic heterocycles. The summed E-state index contributed by atoms with van der Waals surface area (Å²) in [6.45, 7) is 9.56. The van der Waals surface area contributed by atoms with Crippen molar-refractivity contribution in [2.24, 2.45) is 0 Å². The number of piperazine rings is 1. The Labute approximate surface area is 127 Å². The number of carboxylic acids is 1. The van der Waals surface area contributed by atoms with Crippen LogP contribution >= 0.6 is 0 Å². The SMILES string of the molecule is CN1CCN(CC(C)(C(=O)O)c2ccccc2)CC1(C)C. The molecule has 1 N–H and O–H groups in total. The van der Waals surface area contributed by atoms with Gasteiger partial charge in [0.15, 0.2) is 0 Å². The molecule has 1 aliphatic rings. The van der Waals surface area contributed by atoms with Gasteiger partial charge in [-0.1, -0.05) is 30.3 Å². The Hall–Kier alpha value is -1.39. The number of aliphatic carboxylic acids is 1. The number of hydrogen-bond donors (Lipinski definition) is 1. The van der Waals surface area contributed by atoms with E-state index in [2.05, 4.69) is 30.7 Å². The maximum atomic E-state index is 11.9. The van der Waals surface area contributed by atoms with Gasteiger partial charge in [0.05, 0.1) is 0 Å². The molecule has 1 atom stereocenters. The van der Waals surface area contributed by atoms with Crippen molar-refractivity contribution in [2.45, 2.75) is 31.7 Å². The molecule has 0 radical (unpaired) electrons. The number of hydrogen-bond acceptors (Lipinski definition) is 3. The van der Waals surface area contributed by atoms with E-state index in [0.717, 1.165) is 25.2 Å². The van der Waals surface area contributed by atoms with Crippen molar-refractivity contribution >= 4 is 5.97 Å². The highest BCUT2D eigenvalue weighted by Gasteiger charge is 2.40. The van der Waals surface area contributed by atoms with E-state index in [0.29, 0.717) is 6.54 Å². The van der Waals surface area contributed by atoms with Crippen LogP contribution in [0.3, 0.4) is 0 Å². The summed E-state index contributed by atoms with van der Waals surface area (Å²) in [6, 6.07) is 9.56. The first-order chi connectivity index (χ1) is 9.75. The molecule has 1 aliphatic heterocycles. The fourth-order valence-electron chi connectivity index (χ4n) is 3.01. The predicted octanol–water partition coefficient (Wildman–Crippen LogP) is 2.05. The van der Waals surface area contributed by atoms with Crippen LogP contribution in [0, 0.1) is 0 Å². The van der Waals surface area contributed by atoms with E-state index in [9.17, 15) is 9.90 Å². The van der Waals surface area contributed by atoms with Gasteiger partial charge in [0.25, 0.3) is 0 Å². The second-order valence-corrected chi connectivity index (χ2v) is 6.95. The first-order valence-electron chi connectivity index (χ1n) is 7.48. The molecule has 116 valence electrons. The summed E-state index contributed by atoms with van der Waals surface area (Å²) >= 11 is 0. The summed E-state index contributed by atoms with van der Waals surface area (Å²) in [7, 11) is 2.13. The van der Waals surface area contributed by atoms with Crippen LogP contribution < -0.4 is 0 Å². The minimum absolute atomic E-state index is 0.0777. The highest BCUT2D eigenvalue weighted by Crippen LogP contribution is 2.28. The molecule has 0 aliphatic carbocycles. The molecule has 1 saturated heterocycles. The van der Waals surface area contributed by atoms with E-state index in [-0.39, 0.29) is 5.54 Å². The van der Waals surface area contributed by atoms with Crippen LogP contribution in [0.25, 0.3) is 0 Å². The molecule has 1 fully saturated rings. The quantitative estimate of drug-likeness (QED) is 0.922. The highest BCUT2D eigenvalue weighted by atomic mass is 16.4. The van der Waals surface area contributed by atoms with Crippen LogP contribution in [0.5, 0.6) is 0 Å². The number of nitrogens with zero attached hydrogens (tertiary/aromatic N) is 2. The zero-order valence-electron chi connectivity index (χ0n) is 13.5. The first-order valence-corrected chi connectivity index (χ1v) is 7.48. The van der Waals surface area contributed by atoms with E-state index < -0.39 is 11.4 Å². The molecule has 0 spiro atoms. The van der Waals surface area contributed by atoms with Gasteiger partial charge in [0, 0.05) is 31.7 Å². The van der Waals surface area contributed by atoms with Gasteiger partial charge in [-0.15, -0.1) is 0 Å². The van der Waals surface area contributed by atoms with Crippen molar-refractivity contribution in [1.29, 1.82) is 0 Å². The first kappa shape index (κ1) is 16.0. The van der Waals surface area contributed by atoms with Crippen LogP contribution in [0.4, 0.5) is 0 Å². The van der Waals surface area contributed by atoms with Crippen LogP contribution in [0.1, 0.15) is 26.3 Å². The van der Waals surface area contributed by atoms with Crippen LogP contribution in [0.2, 0.25) is 0 Å². The summed E-state index contributed by atoms with van der Waals surface area (Å²) in [5, 5.41) is 9.76. The van der Waals surface area contributed by atoms with Gasteiger partial charge in [0.1, 0.15) is 5.41 Å². The van der Waals surface area contributed by atoms with E-state index in [4.69, 9.17) is 0 Å². The third-order valence-corrected chi connectivity index (χ3v) is 4.82. The second kappa shape index (κ2) is 5.78. The Bertz CT molecular complexity index is 501. The lowest BCUT2D eigenvalue weighted by molar-refractivity contribution is -0.144. The van der Waals surface area contributed by atoms with Crippen LogP contribution in [-0.4, -0.2) is 59.6 Å². The normalized spacial score (nSPS) is 22.7. The smallest absolute Gasteiger partial charge is 0.315 e. The Morgan fingerprint density at radius 2 is 1.90 bits per heavy atom. The van der Waals surface area contributed by atoms with Gasteiger partial charge >= 0.3 is 5.97 Å². The number of rotatable bonds is 4. The molecule has 1 aromatic carbocycles. The third kappa shape index (κ3) is 3.27. The molecular formula is C17H26N2O2. The van der Waals surface area contributed by atoms with Crippen molar-refractivity contribution in [2.75, 3.05) is 33.2 Å². The van der Waals surface area contributed by atoms with Crippen LogP contribution in [-0.2, 0) is 10.2 Å². The Balaban J connectivity index is 2.20. The third-order valence-electron chi connectivity index (χ3n) is 4.82. The number of carboxylic acid groups (broad SMARTS) is 1. The molecule has 0 saturated carbocycles. The lowest BCUT2D eigenvalue weighted by Crippen LogP contribution is -2.60. The average Bonchev–Trinajstić information content (AvgIpc) is 2.43. The minimum Gasteiger partial charge on any atom is -0.481 e. The summed E-state index contributed by atoms with van der Waals surface area (Å²) in [5.41, 5.74) is 0.0796. The maximum absolute atomic E-state index is 11.9. The molecule has 0 amide bonds. The van der Waals surface area contributed by atoms with Gasteiger partial charge in [-0.3, -0.25) is 14.6 Å². The number of benzene rings is 1. The average molecular weight is 290 g/mol. The maximum Gasteiger partial charge on any atom is 0.315 e. The lowest BCUT2D eigenvalue weighted by Gasteiger charge is -2.47.